The number of piperidine rings is 1. The quantitative estimate of drug-likeness (QED) is 0.794. The van der Waals surface area contributed by atoms with Crippen LogP contribution in [0.4, 0.5) is 18.0 Å². The third-order valence-electron chi connectivity index (χ3n) is 2.92. The minimum Gasteiger partial charge on any atom is -0.439 e. The average molecular weight is 305 g/mol. The molecule has 0 radical (unpaired) electrons. The van der Waals surface area contributed by atoms with Gasteiger partial charge in [0, 0.05) is 0 Å². The molecule has 1 N–H and O–H groups in total. The molecule has 0 spiro atoms. The van der Waals surface area contributed by atoms with E-state index in [1.807, 2.05) is 0 Å². The molecule has 1 aliphatic heterocycles. The normalized spacial score (nSPS) is 19.8. The summed E-state index contributed by atoms with van der Waals surface area (Å²) in [5.74, 6) is 0. The second-order valence-electron chi connectivity index (χ2n) is 4.57. The summed E-state index contributed by atoms with van der Waals surface area (Å²) in [5, 5.41) is 0. The van der Waals surface area contributed by atoms with Gasteiger partial charge in [0.1, 0.15) is 0 Å². The highest BCUT2D eigenvalue weighted by Gasteiger charge is 2.41. The molecule has 19 heavy (non-hydrogen) atoms. The Kier molecular flexibility index (Phi) is 4.67. The Morgan fingerprint density at radius 2 is 1.79 bits per heavy atom. The Labute approximate surface area is 109 Å². The molecule has 1 heterocycles. The van der Waals surface area contributed by atoms with Gasteiger partial charge in [-0.1, -0.05) is 0 Å². The summed E-state index contributed by atoms with van der Waals surface area (Å²) in [6.07, 6.45) is -4.06. The van der Waals surface area contributed by atoms with Crippen LogP contribution in [0.25, 0.3) is 0 Å². The zero-order valence-electron chi connectivity index (χ0n) is 10.4. The van der Waals surface area contributed by atoms with E-state index in [1.54, 1.807) is 0 Å². The van der Waals surface area contributed by atoms with Gasteiger partial charge in [-0.15, -0.1) is 0 Å². The van der Waals surface area contributed by atoms with Gasteiger partial charge in [-0.05, 0) is 19.3 Å². The molecule has 0 saturated carbocycles. The number of carbonyl (C=O) groups is 1. The third-order valence-corrected chi connectivity index (χ3v) is 4.87. The maximum Gasteiger partial charge on any atom is 0.425 e. The zero-order chi connectivity index (χ0) is 14.7. The van der Waals surface area contributed by atoms with Gasteiger partial charge in [0.15, 0.2) is 6.61 Å². The Bertz CT molecular complexity index is 429. The van der Waals surface area contributed by atoms with Crippen molar-refractivity contribution >= 4 is 16.3 Å². The minimum atomic E-state index is -4.69. The first-order chi connectivity index (χ1) is 8.56. The average Bonchev–Trinajstić information content (AvgIpc) is 2.26. The van der Waals surface area contributed by atoms with Crippen LogP contribution in [0.5, 0.6) is 0 Å². The Balaban J connectivity index is 2.61. The van der Waals surface area contributed by atoms with Crippen LogP contribution >= 0.6 is 0 Å². The van der Waals surface area contributed by atoms with Crippen LogP contribution in [0, 0.1) is 0 Å². The molecule has 1 aliphatic rings. The monoisotopic (exact) mass is 305 g/mol. The molecule has 0 aromatic heterocycles. The molecule has 0 aromatic carbocycles. The number of rotatable bonds is 3. The highest BCUT2D eigenvalue weighted by atomic mass is 32.2. The number of alkyl halides is 3. The van der Waals surface area contributed by atoms with Crippen molar-refractivity contribution in [3.05, 3.63) is 0 Å². The summed E-state index contributed by atoms with van der Waals surface area (Å²) >= 11 is 0. The molecule has 1 saturated heterocycles. The van der Waals surface area contributed by atoms with Crippen molar-refractivity contribution in [1.82, 2.24) is 4.72 Å². The Hall–Kier alpha value is -1.03. The molecule has 10 heteroatoms. The van der Waals surface area contributed by atoms with Crippen LogP contribution in [0.2, 0.25) is 0 Å². The van der Waals surface area contributed by atoms with E-state index >= 15 is 0 Å². The molecule has 0 aromatic rings. The Morgan fingerprint density at radius 1 is 1.26 bits per heavy atom. The number of hydrogen-bond acceptors (Lipinski definition) is 4. The number of carbonyl (C=O) groups excluding carboxylic acids is 1. The standard InChI is InChI=1S/C9H15F3N2O4S/c1-14(5-3-2-4-6-14)19(16,17)13-8(15)18-7-9(10,11)12/h2-7H2,1H3/p+1. The summed E-state index contributed by atoms with van der Waals surface area (Å²) in [7, 11) is -2.69. The molecule has 1 fully saturated rings. The van der Waals surface area contributed by atoms with E-state index in [1.165, 1.54) is 11.8 Å². The van der Waals surface area contributed by atoms with E-state index in [9.17, 15) is 26.4 Å². The lowest BCUT2D eigenvalue weighted by atomic mass is 10.1. The fraction of sp³-hybridized carbons (Fsp3) is 0.889. The number of amides is 1. The number of ether oxygens (including phenoxy) is 1. The van der Waals surface area contributed by atoms with E-state index in [0.717, 1.165) is 6.42 Å². The molecular weight excluding hydrogens is 289 g/mol. The predicted molar refractivity (Wildman–Crippen MR) is 59.2 cm³/mol. The summed E-state index contributed by atoms with van der Waals surface area (Å²) in [6.45, 7) is -1.21. The van der Waals surface area contributed by atoms with Gasteiger partial charge >= 0.3 is 22.5 Å². The predicted octanol–water partition coefficient (Wildman–Crippen LogP) is 1.15. The Morgan fingerprint density at radius 3 is 2.26 bits per heavy atom. The van der Waals surface area contributed by atoms with Crippen molar-refractivity contribution < 1.29 is 35.0 Å². The van der Waals surface area contributed by atoms with Crippen molar-refractivity contribution in [2.24, 2.45) is 0 Å². The second-order valence-corrected chi connectivity index (χ2v) is 6.61. The van der Waals surface area contributed by atoms with E-state index in [2.05, 4.69) is 4.74 Å². The number of nitrogens with zero attached hydrogens (tertiary/aromatic N) is 1. The largest absolute Gasteiger partial charge is 0.439 e. The lowest BCUT2D eigenvalue weighted by Gasteiger charge is -2.34. The number of likely N-dealkylation sites (tertiary alicyclic amines) is 1. The molecule has 1 amide bonds. The smallest absolute Gasteiger partial charge is 0.425 e. The van der Waals surface area contributed by atoms with Gasteiger partial charge in [-0.25, -0.2) is 8.68 Å². The number of hydrogen-bond donors (Lipinski definition) is 1. The lowest BCUT2D eigenvalue weighted by molar-refractivity contribution is -0.791. The number of halogens is 3. The van der Waals surface area contributed by atoms with Gasteiger partial charge in [0.05, 0.1) is 20.1 Å². The summed E-state index contributed by atoms with van der Waals surface area (Å²) in [4.78, 5) is 11.1. The first-order valence-corrected chi connectivity index (χ1v) is 7.11. The summed E-state index contributed by atoms with van der Waals surface area (Å²) in [6, 6.07) is 0. The molecule has 0 bridgehead atoms. The summed E-state index contributed by atoms with van der Waals surface area (Å²) in [5.41, 5.74) is 0. The number of nitrogens with one attached hydrogen (secondary N) is 1. The maximum absolute atomic E-state index is 11.9. The topological polar surface area (TPSA) is 72.5 Å². The summed E-state index contributed by atoms with van der Waals surface area (Å²) < 4.78 is 64.2. The van der Waals surface area contributed by atoms with Gasteiger partial charge in [0.2, 0.25) is 0 Å². The van der Waals surface area contributed by atoms with Crippen molar-refractivity contribution in [2.75, 3.05) is 26.7 Å². The van der Waals surface area contributed by atoms with Gasteiger partial charge in [-0.2, -0.15) is 26.3 Å². The zero-order valence-corrected chi connectivity index (χ0v) is 11.2. The fourth-order valence-corrected chi connectivity index (χ4v) is 3.04. The van der Waals surface area contributed by atoms with Crippen LogP contribution in [0.3, 0.4) is 0 Å². The van der Waals surface area contributed by atoms with E-state index in [4.69, 9.17) is 0 Å². The van der Waals surface area contributed by atoms with Crippen LogP contribution in [-0.2, 0) is 14.9 Å². The van der Waals surface area contributed by atoms with Crippen molar-refractivity contribution in [3.63, 3.8) is 0 Å². The lowest BCUT2D eigenvalue weighted by Crippen LogP contribution is -2.58. The van der Waals surface area contributed by atoms with Crippen LogP contribution in [-0.4, -0.2) is 51.3 Å². The van der Waals surface area contributed by atoms with E-state index in [0.29, 0.717) is 25.9 Å². The molecular formula is C9H16F3N2O4S+. The first-order valence-electron chi connectivity index (χ1n) is 5.67. The molecule has 112 valence electrons. The highest BCUT2D eigenvalue weighted by Crippen LogP contribution is 2.20. The highest BCUT2D eigenvalue weighted by molar-refractivity contribution is 7.84. The second kappa shape index (κ2) is 5.53. The van der Waals surface area contributed by atoms with E-state index < -0.39 is 33.0 Å². The molecule has 0 aliphatic carbocycles. The SMILES string of the molecule is C[N+]1(S(=O)(=O)NC(=O)OCC(F)(F)F)CCCCC1. The molecule has 0 unspecified atom stereocenters. The first kappa shape index (κ1) is 16.0. The number of quaternary nitrogens is 1. The van der Waals surface area contributed by atoms with Crippen molar-refractivity contribution in [1.29, 1.82) is 0 Å². The van der Waals surface area contributed by atoms with Gasteiger partial charge in [-0.3, -0.25) is 0 Å². The van der Waals surface area contributed by atoms with Crippen molar-refractivity contribution in [3.8, 4) is 0 Å². The third kappa shape index (κ3) is 4.53. The minimum absolute atomic E-state index is 0.307. The van der Waals surface area contributed by atoms with Gasteiger partial charge in [0.25, 0.3) is 0 Å². The van der Waals surface area contributed by atoms with Crippen LogP contribution in [0.1, 0.15) is 19.3 Å². The van der Waals surface area contributed by atoms with E-state index in [-0.39, 0.29) is 0 Å². The molecule has 6 nitrogen and oxygen atoms in total. The van der Waals surface area contributed by atoms with Crippen LogP contribution in [0.15, 0.2) is 0 Å². The fourth-order valence-electron chi connectivity index (χ4n) is 1.81. The molecule has 0 atom stereocenters. The van der Waals surface area contributed by atoms with Crippen LogP contribution < -0.4 is 4.72 Å². The maximum atomic E-state index is 11.9. The van der Waals surface area contributed by atoms with Gasteiger partial charge < -0.3 is 4.74 Å². The molecule has 1 rings (SSSR count). The van der Waals surface area contributed by atoms with Crippen molar-refractivity contribution in [2.45, 2.75) is 25.4 Å².